The third kappa shape index (κ3) is 5.13. The number of hydrogen-bond donors (Lipinski definition) is 2. The van der Waals surface area contributed by atoms with E-state index >= 15 is 0 Å². The first-order valence-electron chi connectivity index (χ1n) is 7.75. The van der Waals surface area contributed by atoms with Crippen LogP contribution in [-0.4, -0.2) is 35.6 Å². The summed E-state index contributed by atoms with van der Waals surface area (Å²) in [7, 11) is 1.60. The van der Waals surface area contributed by atoms with Gasteiger partial charge in [-0.25, -0.2) is 4.79 Å². The number of nitrogens with one attached hydrogen (secondary N) is 1. The fraction of sp³-hybridized carbons (Fsp3) is 0.444. The number of rotatable bonds is 7. The van der Waals surface area contributed by atoms with Crippen LogP contribution in [0.2, 0.25) is 0 Å². The lowest BCUT2D eigenvalue weighted by Gasteiger charge is -2.23. The SMILES string of the molecule is C=CCc1cccc(C(C)C)c1NC(=O)N(C)CC(C)C(=O)O. The number of carbonyl (C=O) groups excluding carboxylic acids is 1. The van der Waals surface area contributed by atoms with Gasteiger partial charge < -0.3 is 15.3 Å². The summed E-state index contributed by atoms with van der Waals surface area (Å²) in [6.07, 6.45) is 2.46. The lowest BCUT2D eigenvalue weighted by atomic mass is 9.96. The second kappa shape index (κ2) is 8.36. The van der Waals surface area contributed by atoms with Gasteiger partial charge in [-0.05, 0) is 23.5 Å². The zero-order valence-electron chi connectivity index (χ0n) is 14.3. The Morgan fingerprint density at radius 2 is 2.00 bits per heavy atom. The third-order valence-electron chi connectivity index (χ3n) is 3.72. The first kappa shape index (κ1) is 18.7. The fourth-order valence-corrected chi connectivity index (χ4v) is 2.35. The monoisotopic (exact) mass is 318 g/mol. The molecule has 1 aromatic carbocycles. The minimum absolute atomic E-state index is 0.155. The van der Waals surface area contributed by atoms with Gasteiger partial charge in [0.25, 0.3) is 0 Å². The second-order valence-corrected chi connectivity index (χ2v) is 6.08. The topological polar surface area (TPSA) is 69.6 Å². The van der Waals surface area contributed by atoms with E-state index in [-0.39, 0.29) is 18.5 Å². The van der Waals surface area contributed by atoms with Crippen LogP contribution in [0.25, 0.3) is 0 Å². The van der Waals surface area contributed by atoms with Crippen molar-refractivity contribution in [3.8, 4) is 0 Å². The van der Waals surface area contributed by atoms with E-state index in [1.807, 2.05) is 18.2 Å². The van der Waals surface area contributed by atoms with E-state index in [0.29, 0.717) is 6.42 Å². The van der Waals surface area contributed by atoms with Gasteiger partial charge in [0.1, 0.15) is 0 Å². The number of carboxylic acid groups (broad SMARTS) is 1. The van der Waals surface area contributed by atoms with E-state index in [0.717, 1.165) is 16.8 Å². The van der Waals surface area contributed by atoms with Gasteiger partial charge in [0, 0.05) is 19.3 Å². The van der Waals surface area contributed by atoms with E-state index in [1.54, 1.807) is 20.0 Å². The van der Waals surface area contributed by atoms with Gasteiger partial charge in [0.2, 0.25) is 0 Å². The molecular weight excluding hydrogens is 292 g/mol. The second-order valence-electron chi connectivity index (χ2n) is 6.08. The first-order valence-corrected chi connectivity index (χ1v) is 7.75. The average Bonchev–Trinajstić information content (AvgIpc) is 2.48. The minimum Gasteiger partial charge on any atom is -0.481 e. The van der Waals surface area contributed by atoms with Gasteiger partial charge in [-0.2, -0.15) is 0 Å². The van der Waals surface area contributed by atoms with E-state index < -0.39 is 11.9 Å². The molecule has 0 saturated heterocycles. The van der Waals surface area contributed by atoms with Crippen molar-refractivity contribution in [2.75, 3.05) is 18.9 Å². The summed E-state index contributed by atoms with van der Waals surface area (Å²) in [6, 6.07) is 5.62. The molecule has 2 N–H and O–H groups in total. The van der Waals surface area contributed by atoms with Crippen molar-refractivity contribution in [1.82, 2.24) is 4.90 Å². The van der Waals surface area contributed by atoms with Crippen LogP contribution < -0.4 is 5.32 Å². The lowest BCUT2D eigenvalue weighted by Crippen LogP contribution is -2.37. The van der Waals surface area contributed by atoms with Crippen molar-refractivity contribution in [2.45, 2.75) is 33.1 Å². The molecule has 0 aromatic heterocycles. The highest BCUT2D eigenvalue weighted by Gasteiger charge is 2.19. The number of urea groups is 1. The number of carboxylic acids is 1. The molecule has 0 fully saturated rings. The number of anilines is 1. The number of allylic oxidation sites excluding steroid dienone is 1. The van der Waals surface area contributed by atoms with Gasteiger partial charge >= 0.3 is 12.0 Å². The van der Waals surface area contributed by atoms with Gasteiger partial charge in [0.15, 0.2) is 0 Å². The average molecular weight is 318 g/mol. The minimum atomic E-state index is -0.917. The number of aliphatic carboxylic acids is 1. The molecule has 23 heavy (non-hydrogen) atoms. The molecular formula is C18H26N2O3. The molecule has 0 radical (unpaired) electrons. The summed E-state index contributed by atoms with van der Waals surface area (Å²) in [6.45, 7) is 9.63. The molecule has 1 atom stereocenters. The zero-order valence-corrected chi connectivity index (χ0v) is 14.3. The molecule has 0 heterocycles. The molecule has 1 unspecified atom stereocenters. The number of benzene rings is 1. The van der Waals surface area contributed by atoms with E-state index in [1.165, 1.54) is 4.90 Å². The Kier molecular flexibility index (Phi) is 6.82. The van der Waals surface area contributed by atoms with E-state index in [2.05, 4.69) is 25.7 Å². The normalized spacial score (nSPS) is 11.9. The predicted molar refractivity (Wildman–Crippen MR) is 92.9 cm³/mol. The van der Waals surface area contributed by atoms with Crippen LogP contribution in [0.1, 0.15) is 37.8 Å². The summed E-state index contributed by atoms with van der Waals surface area (Å²) in [5.74, 6) is -1.27. The molecule has 1 aromatic rings. The molecule has 0 saturated carbocycles. The zero-order chi connectivity index (χ0) is 17.6. The Morgan fingerprint density at radius 1 is 1.35 bits per heavy atom. The molecule has 0 aliphatic heterocycles. The Morgan fingerprint density at radius 3 is 2.52 bits per heavy atom. The molecule has 5 heteroatoms. The van der Waals surface area contributed by atoms with Gasteiger partial charge in [0.05, 0.1) is 5.92 Å². The standard InChI is InChI=1S/C18H26N2O3/c1-6-8-14-9-7-10-15(12(2)3)16(14)19-18(23)20(5)11-13(4)17(21)22/h6-7,9-10,12-13H,1,8,11H2,2-5H3,(H,19,23)(H,21,22). The summed E-state index contributed by atoms with van der Waals surface area (Å²) in [5.41, 5.74) is 2.85. The molecule has 1 rings (SSSR count). The van der Waals surface area contributed by atoms with Crippen molar-refractivity contribution in [3.05, 3.63) is 42.0 Å². The number of nitrogens with zero attached hydrogens (tertiary/aromatic N) is 1. The molecule has 5 nitrogen and oxygen atoms in total. The molecule has 0 spiro atoms. The van der Waals surface area contributed by atoms with Gasteiger partial charge in [-0.3, -0.25) is 4.79 Å². The van der Waals surface area contributed by atoms with Crippen LogP contribution in [0, 0.1) is 5.92 Å². The van der Waals surface area contributed by atoms with Crippen LogP contribution >= 0.6 is 0 Å². The molecule has 2 amide bonds. The number of hydrogen-bond acceptors (Lipinski definition) is 2. The maximum absolute atomic E-state index is 12.4. The van der Waals surface area contributed by atoms with Gasteiger partial charge in [-0.1, -0.05) is 45.0 Å². The van der Waals surface area contributed by atoms with Crippen LogP contribution in [0.5, 0.6) is 0 Å². The Balaban J connectivity index is 2.99. The number of carbonyl (C=O) groups is 2. The quantitative estimate of drug-likeness (QED) is 0.753. The highest BCUT2D eigenvalue weighted by molar-refractivity contribution is 5.91. The first-order chi connectivity index (χ1) is 10.8. The van der Waals surface area contributed by atoms with Crippen molar-refractivity contribution < 1.29 is 14.7 Å². The van der Waals surface area contributed by atoms with E-state index in [9.17, 15) is 9.59 Å². The molecule has 126 valence electrons. The van der Waals surface area contributed by atoms with Crippen LogP contribution in [0.15, 0.2) is 30.9 Å². The predicted octanol–water partition coefficient (Wildman–Crippen LogP) is 3.72. The number of para-hydroxylation sites is 1. The van der Waals surface area contributed by atoms with Crippen molar-refractivity contribution >= 4 is 17.7 Å². The molecule has 0 aliphatic rings. The Labute approximate surface area is 138 Å². The van der Waals surface area contributed by atoms with Crippen LogP contribution in [0.4, 0.5) is 10.5 Å². The molecule has 0 bridgehead atoms. The summed E-state index contributed by atoms with van der Waals surface area (Å²) >= 11 is 0. The lowest BCUT2D eigenvalue weighted by molar-refractivity contribution is -0.141. The summed E-state index contributed by atoms with van der Waals surface area (Å²) in [5, 5.41) is 11.9. The summed E-state index contributed by atoms with van der Waals surface area (Å²) < 4.78 is 0. The summed E-state index contributed by atoms with van der Waals surface area (Å²) in [4.78, 5) is 24.7. The smallest absolute Gasteiger partial charge is 0.321 e. The highest BCUT2D eigenvalue weighted by Crippen LogP contribution is 2.28. The third-order valence-corrected chi connectivity index (χ3v) is 3.72. The largest absolute Gasteiger partial charge is 0.481 e. The van der Waals surface area contributed by atoms with Gasteiger partial charge in [-0.15, -0.1) is 6.58 Å². The highest BCUT2D eigenvalue weighted by atomic mass is 16.4. The van der Waals surface area contributed by atoms with Crippen molar-refractivity contribution in [2.24, 2.45) is 5.92 Å². The van der Waals surface area contributed by atoms with Crippen molar-refractivity contribution in [1.29, 1.82) is 0 Å². The van der Waals surface area contributed by atoms with Crippen molar-refractivity contribution in [3.63, 3.8) is 0 Å². The number of amides is 2. The van der Waals surface area contributed by atoms with Crippen LogP contribution in [-0.2, 0) is 11.2 Å². The maximum Gasteiger partial charge on any atom is 0.321 e. The Hall–Kier alpha value is -2.30. The fourth-order valence-electron chi connectivity index (χ4n) is 2.35. The Bertz CT molecular complexity index is 582. The van der Waals surface area contributed by atoms with E-state index in [4.69, 9.17) is 5.11 Å². The molecule has 0 aliphatic carbocycles. The maximum atomic E-state index is 12.4. The van der Waals surface area contributed by atoms with Crippen LogP contribution in [0.3, 0.4) is 0 Å².